The van der Waals surface area contributed by atoms with Crippen molar-refractivity contribution >= 4 is 11.6 Å². The third-order valence-corrected chi connectivity index (χ3v) is 2.99. The summed E-state index contributed by atoms with van der Waals surface area (Å²) in [6, 6.07) is 6.92. The second-order valence-electron chi connectivity index (χ2n) is 3.96. The normalized spacial score (nSPS) is 19.0. The molecule has 0 N–H and O–H groups in total. The second-order valence-corrected chi connectivity index (χ2v) is 3.96. The van der Waals surface area contributed by atoms with Crippen molar-refractivity contribution in [3.63, 3.8) is 0 Å². The molecule has 0 unspecified atom stereocenters. The van der Waals surface area contributed by atoms with Crippen LogP contribution in [0.15, 0.2) is 35.6 Å². The van der Waals surface area contributed by atoms with Gasteiger partial charge in [-0.05, 0) is 12.8 Å². The average molecular weight is 214 g/mol. The van der Waals surface area contributed by atoms with Crippen LogP contribution in [0.4, 0.5) is 0 Å². The van der Waals surface area contributed by atoms with Gasteiger partial charge in [0.05, 0.1) is 6.61 Å². The van der Waals surface area contributed by atoms with E-state index in [9.17, 15) is 9.59 Å². The first-order valence-corrected chi connectivity index (χ1v) is 5.33. The average Bonchev–Trinajstić information content (AvgIpc) is 2.36. The van der Waals surface area contributed by atoms with E-state index in [-0.39, 0.29) is 17.3 Å². The van der Waals surface area contributed by atoms with Gasteiger partial charge in [-0.15, -0.1) is 0 Å². The van der Waals surface area contributed by atoms with Gasteiger partial charge in [0.1, 0.15) is 0 Å². The fourth-order valence-electron chi connectivity index (χ4n) is 2.21. The number of hydrogen-bond donors (Lipinski definition) is 0. The predicted octanol–water partition coefficient (Wildman–Crippen LogP) is 2.13. The molecule has 0 saturated heterocycles. The number of allylic oxidation sites excluding steroid dienone is 2. The van der Waals surface area contributed by atoms with Crippen LogP contribution in [0.3, 0.4) is 0 Å². The number of carbonyl (C=O) groups excluding carboxylic acids is 2. The lowest BCUT2D eigenvalue weighted by Gasteiger charge is -2.24. The summed E-state index contributed by atoms with van der Waals surface area (Å²) in [6.45, 7) is 0.528. The summed E-state index contributed by atoms with van der Waals surface area (Å²) in [5, 5.41) is 0. The molecule has 1 heterocycles. The number of ether oxygens (including phenoxy) is 1. The van der Waals surface area contributed by atoms with E-state index in [2.05, 4.69) is 0 Å². The van der Waals surface area contributed by atoms with Crippen molar-refractivity contribution in [2.45, 2.75) is 12.8 Å². The number of fused-ring (bicyclic) bond motifs is 1. The number of hydrogen-bond acceptors (Lipinski definition) is 3. The van der Waals surface area contributed by atoms with Crippen LogP contribution in [0.5, 0.6) is 0 Å². The van der Waals surface area contributed by atoms with Crippen LogP contribution in [-0.2, 0) is 4.74 Å². The molecule has 1 aromatic carbocycles. The third-order valence-electron chi connectivity index (χ3n) is 2.99. The molecule has 0 spiro atoms. The van der Waals surface area contributed by atoms with Crippen molar-refractivity contribution < 1.29 is 14.3 Å². The molecule has 3 heteroatoms. The van der Waals surface area contributed by atoms with E-state index in [4.69, 9.17) is 4.74 Å². The first-order chi connectivity index (χ1) is 7.79. The molecule has 80 valence electrons. The minimum Gasteiger partial charge on any atom is -0.489 e. The van der Waals surface area contributed by atoms with Crippen LogP contribution in [0.1, 0.15) is 33.6 Å². The van der Waals surface area contributed by atoms with Gasteiger partial charge in [-0.2, -0.15) is 0 Å². The highest BCUT2D eigenvalue weighted by Gasteiger charge is 2.34. The Morgan fingerprint density at radius 3 is 2.44 bits per heavy atom. The summed E-state index contributed by atoms with van der Waals surface area (Å²) in [5.74, 6) is 0.0738. The van der Waals surface area contributed by atoms with Gasteiger partial charge in [-0.3, -0.25) is 9.59 Å². The number of carbonyl (C=O) groups is 2. The molecule has 0 bridgehead atoms. The number of rotatable bonds is 0. The molecule has 0 radical (unpaired) electrons. The maximum absolute atomic E-state index is 12.1. The molecule has 0 atom stereocenters. The van der Waals surface area contributed by atoms with Gasteiger partial charge in [0, 0.05) is 16.7 Å². The summed E-state index contributed by atoms with van der Waals surface area (Å²) in [6.07, 6.45) is 1.45. The Labute approximate surface area is 92.7 Å². The van der Waals surface area contributed by atoms with Crippen molar-refractivity contribution in [3.8, 4) is 0 Å². The quantitative estimate of drug-likeness (QED) is 0.664. The summed E-state index contributed by atoms with van der Waals surface area (Å²) in [5.41, 5.74) is 1.53. The molecule has 0 aromatic heterocycles. The molecule has 0 saturated carbocycles. The van der Waals surface area contributed by atoms with Gasteiger partial charge in [-0.1, -0.05) is 24.3 Å². The zero-order valence-electron chi connectivity index (χ0n) is 8.66. The first-order valence-electron chi connectivity index (χ1n) is 5.33. The largest absolute Gasteiger partial charge is 0.489 e. The molecule has 0 fully saturated rings. The van der Waals surface area contributed by atoms with Crippen molar-refractivity contribution in [1.82, 2.24) is 0 Å². The predicted molar refractivity (Wildman–Crippen MR) is 57.3 cm³/mol. The van der Waals surface area contributed by atoms with Crippen molar-refractivity contribution in [1.29, 1.82) is 0 Å². The lowest BCUT2D eigenvalue weighted by Crippen LogP contribution is -2.26. The third kappa shape index (κ3) is 1.14. The van der Waals surface area contributed by atoms with E-state index in [1.54, 1.807) is 24.3 Å². The highest BCUT2D eigenvalue weighted by molar-refractivity contribution is 6.26. The number of Topliss-reactive ketones (excluding diaryl/α,β-unsaturated/α-hetero) is 2. The number of ketones is 2. The maximum Gasteiger partial charge on any atom is 0.228 e. The Morgan fingerprint density at radius 2 is 1.69 bits per heavy atom. The van der Waals surface area contributed by atoms with Gasteiger partial charge < -0.3 is 4.74 Å². The fourth-order valence-corrected chi connectivity index (χ4v) is 2.21. The van der Waals surface area contributed by atoms with Gasteiger partial charge in [0.15, 0.2) is 11.5 Å². The fraction of sp³-hybridized carbons (Fsp3) is 0.231. The van der Waals surface area contributed by atoms with Crippen LogP contribution in [0.25, 0.3) is 0 Å². The zero-order valence-corrected chi connectivity index (χ0v) is 8.66. The molecule has 1 aromatic rings. The smallest absolute Gasteiger partial charge is 0.228 e. The van der Waals surface area contributed by atoms with E-state index in [0.717, 1.165) is 6.42 Å². The Morgan fingerprint density at radius 1 is 1.00 bits per heavy atom. The van der Waals surface area contributed by atoms with Gasteiger partial charge >= 0.3 is 0 Å². The molecule has 2 aliphatic rings. The summed E-state index contributed by atoms with van der Waals surface area (Å²) in [7, 11) is 0. The molecule has 1 aliphatic carbocycles. The van der Waals surface area contributed by atoms with Gasteiger partial charge in [0.25, 0.3) is 0 Å². The molecule has 3 rings (SSSR count). The van der Waals surface area contributed by atoms with E-state index in [1.807, 2.05) is 0 Å². The second kappa shape index (κ2) is 3.30. The molecule has 0 amide bonds. The van der Waals surface area contributed by atoms with Crippen LogP contribution < -0.4 is 0 Å². The van der Waals surface area contributed by atoms with Gasteiger partial charge in [-0.25, -0.2) is 0 Å². The van der Waals surface area contributed by atoms with E-state index in [1.165, 1.54) is 0 Å². The Hall–Kier alpha value is -1.90. The van der Waals surface area contributed by atoms with Crippen molar-refractivity contribution in [2.24, 2.45) is 0 Å². The first kappa shape index (κ1) is 9.33. The molecular weight excluding hydrogens is 204 g/mol. The minimum atomic E-state index is -0.148. The Kier molecular flexibility index (Phi) is 1.93. The van der Waals surface area contributed by atoms with Crippen molar-refractivity contribution in [2.75, 3.05) is 6.61 Å². The number of benzene rings is 1. The Balaban J connectivity index is 2.22. The van der Waals surface area contributed by atoms with E-state index in [0.29, 0.717) is 29.7 Å². The lowest BCUT2D eigenvalue weighted by atomic mass is 9.85. The van der Waals surface area contributed by atoms with Gasteiger partial charge in [0.2, 0.25) is 5.78 Å². The SMILES string of the molecule is O=C1C2=C(OCCC2)C(=O)c2ccccc21. The molecule has 1 aliphatic heterocycles. The molecule has 3 nitrogen and oxygen atoms in total. The van der Waals surface area contributed by atoms with Crippen LogP contribution in [0.2, 0.25) is 0 Å². The Bertz CT molecular complexity index is 479. The zero-order chi connectivity index (χ0) is 11.1. The lowest BCUT2D eigenvalue weighted by molar-refractivity contribution is 0.0836. The van der Waals surface area contributed by atoms with Crippen molar-refractivity contribution in [3.05, 3.63) is 46.7 Å². The summed E-state index contributed by atoms with van der Waals surface area (Å²) < 4.78 is 5.33. The van der Waals surface area contributed by atoms with E-state index < -0.39 is 0 Å². The summed E-state index contributed by atoms with van der Waals surface area (Å²) in [4.78, 5) is 24.2. The monoisotopic (exact) mass is 214 g/mol. The minimum absolute atomic E-state index is 0.0510. The highest BCUT2D eigenvalue weighted by Crippen LogP contribution is 2.31. The van der Waals surface area contributed by atoms with Crippen LogP contribution in [-0.4, -0.2) is 18.2 Å². The highest BCUT2D eigenvalue weighted by atomic mass is 16.5. The molecular formula is C13H10O3. The van der Waals surface area contributed by atoms with Crippen LogP contribution >= 0.6 is 0 Å². The van der Waals surface area contributed by atoms with E-state index >= 15 is 0 Å². The summed E-state index contributed by atoms with van der Waals surface area (Å²) >= 11 is 0. The topological polar surface area (TPSA) is 43.4 Å². The molecule has 16 heavy (non-hydrogen) atoms. The maximum atomic E-state index is 12.1. The van der Waals surface area contributed by atoms with Crippen LogP contribution in [0, 0.1) is 0 Å². The standard InChI is InChI=1S/C13H10O3/c14-11-8-4-1-2-5-9(8)12(15)13-10(11)6-3-7-16-13/h1-2,4-5H,3,6-7H2.